The SMILES string of the molecule is CCc1ccc(C(=O)OC)cc1S(=O)(=O)Nc1cc(-c2nnco2)ccc1N1CCCCC1. The standard InChI is InChI=1S/C23H26N4O5S/c1-3-16-7-8-18(23(28)31-2)14-21(16)33(29,30)26-19-13-17(22-25-24-15-32-22)9-10-20(19)27-11-5-4-6-12-27/h7-10,13-15,26H,3-6,11-12H2,1-2H3. The van der Waals surface area contributed by atoms with Gasteiger partial charge in [-0.25, -0.2) is 13.2 Å². The van der Waals surface area contributed by atoms with Crippen molar-refractivity contribution in [1.82, 2.24) is 10.2 Å². The molecular weight excluding hydrogens is 444 g/mol. The molecule has 1 aliphatic heterocycles. The summed E-state index contributed by atoms with van der Waals surface area (Å²) in [5.41, 5.74) is 2.57. The minimum absolute atomic E-state index is 0.0423. The van der Waals surface area contributed by atoms with Crippen molar-refractivity contribution in [3.05, 3.63) is 53.9 Å². The van der Waals surface area contributed by atoms with Crippen LogP contribution in [0.15, 0.2) is 52.1 Å². The fraction of sp³-hybridized carbons (Fsp3) is 0.348. The van der Waals surface area contributed by atoms with Crippen molar-refractivity contribution in [3.63, 3.8) is 0 Å². The molecule has 1 aliphatic rings. The van der Waals surface area contributed by atoms with E-state index >= 15 is 0 Å². The Morgan fingerprint density at radius 3 is 2.61 bits per heavy atom. The quantitative estimate of drug-likeness (QED) is 0.518. The number of anilines is 2. The molecule has 0 unspecified atom stereocenters. The van der Waals surface area contributed by atoms with Crippen molar-refractivity contribution in [2.24, 2.45) is 0 Å². The number of hydrogen-bond donors (Lipinski definition) is 1. The van der Waals surface area contributed by atoms with Crippen LogP contribution in [0.1, 0.15) is 42.1 Å². The molecule has 0 amide bonds. The number of hydrogen-bond acceptors (Lipinski definition) is 8. The number of aryl methyl sites for hydroxylation is 1. The summed E-state index contributed by atoms with van der Waals surface area (Å²) in [5.74, 6) is -0.302. The average Bonchev–Trinajstić information content (AvgIpc) is 3.38. The average molecular weight is 471 g/mol. The number of rotatable bonds is 7. The number of carbonyl (C=O) groups is 1. The molecular formula is C23H26N4O5S. The molecule has 4 rings (SSSR count). The zero-order chi connectivity index (χ0) is 23.4. The molecule has 2 aromatic carbocycles. The van der Waals surface area contributed by atoms with Gasteiger partial charge in [0.25, 0.3) is 10.0 Å². The molecule has 174 valence electrons. The lowest BCUT2D eigenvalue weighted by Crippen LogP contribution is -2.30. The van der Waals surface area contributed by atoms with Crippen LogP contribution < -0.4 is 9.62 Å². The lowest BCUT2D eigenvalue weighted by molar-refractivity contribution is 0.0600. The van der Waals surface area contributed by atoms with Gasteiger partial charge in [-0.3, -0.25) is 4.72 Å². The molecule has 33 heavy (non-hydrogen) atoms. The van der Waals surface area contributed by atoms with Gasteiger partial charge in [-0.2, -0.15) is 0 Å². The van der Waals surface area contributed by atoms with E-state index in [9.17, 15) is 13.2 Å². The molecule has 9 nitrogen and oxygen atoms in total. The van der Waals surface area contributed by atoms with Crippen molar-refractivity contribution >= 4 is 27.4 Å². The lowest BCUT2D eigenvalue weighted by atomic mass is 10.1. The Labute approximate surface area is 192 Å². The van der Waals surface area contributed by atoms with Crippen molar-refractivity contribution in [2.45, 2.75) is 37.5 Å². The summed E-state index contributed by atoms with van der Waals surface area (Å²) in [6.45, 7) is 3.54. The summed E-state index contributed by atoms with van der Waals surface area (Å²) in [4.78, 5) is 14.2. The molecule has 0 radical (unpaired) electrons. The predicted molar refractivity (Wildman–Crippen MR) is 124 cm³/mol. The zero-order valence-electron chi connectivity index (χ0n) is 18.6. The first-order valence-electron chi connectivity index (χ1n) is 10.8. The Morgan fingerprint density at radius 2 is 1.94 bits per heavy atom. The van der Waals surface area contributed by atoms with Gasteiger partial charge in [0, 0.05) is 18.7 Å². The van der Waals surface area contributed by atoms with E-state index in [1.165, 1.54) is 19.6 Å². The highest BCUT2D eigenvalue weighted by molar-refractivity contribution is 7.92. The van der Waals surface area contributed by atoms with E-state index in [2.05, 4.69) is 19.8 Å². The molecule has 1 saturated heterocycles. The third-order valence-corrected chi connectivity index (χ3v) is 7.15. The Bertz CT molecular complexity index is 1240. The highest BCUT2D eigenvalue weighted by Gasteiger charge is 2.24. The molecule has 3 aromatic rings. The molecule has 0 spiro atoms. The van der Waals surface area contributed by atoms with Crippen LogP contribution in [-0.2, 0) is 21.2 Å². The van der Waals surface area contributed by atoms with Gasteiger partial charge in [0.15, 0.2) is 0 Å². The lowest BCUT2D eigenvalue weighted by Gasteiger charge is -2.31. The van der Waals surface area contributed by atoms with Gasteiger partial charge in [0.1, 0.15) is 0 Å². The second-order valence-electron chi connectivity index (χ2n) is 7.80. The van der Waals surface area contributed by atoms with Crippen LogP contribution in [0.4, 0.5) is 11.4 Å². The Morgan fingerprint density at radius 1 is 1.15 bits per heavy atom. The first-order chi connectivity index (χ1) is 15.9. The Kier molecular flexibility index (Phi) is 6.64. The topological polar surface area (TPSA) is 115 Å². The van der Waals surface area contributed by atoms with Gasteiger partial charge in [0.05, 0.1) is 28.9 Å². The summed E-state index contributed by atoms with van der Waals surface area (Å²) in [6.07, 6.45) is 4.94. The number of aromatic nitrogens is 2. The summed E-state index contributed by atoms with van der Waals surface area (Å²) in [7, 11) is -2.76. The first-order valence-corrected chi connectivity index (χ1v) is 12.3. The number of sulfonamides is 1. The van der Waals surface area contributed by atoms with Crippen molar-refractivity contribution in [2.75, 3.05) is 29.8 Å². The smallest absolute Gasteiger partial charge is 0.337 e. The normalized spacial score (nSPS) is 14.2. The van der Waals surface area contributed by atoms with Crippen molar-refractivity contribution in [3.8, 4) is 11.5 Å². The maximum absolute atomic E-state index is 13.5. The largest absolute Gasteiger partial charge is 0.465 e. The number of esters is 1. The molecule has 1 fully saturated rings. The van der Waals surface area contributed by atoms with E-state index in [-0.39, 0.29) is 10.5 Å². The maximum atomic E-state index is 13.5. The van der Waals surface area contributed by atoms with Gasteiger partial charge in [0.2, 0.25) is 12.3 Å². The van der Waals surface area contributed by atoms with E-state index in [0.29, 0.717) is 29.1 Å². The van der Waals surface area contributed by atoms with E-state index in [0.717, 1.165) is 38.0 Å². The van der Waals surface area contributed by atoms with Crippen LogP contribution in [0, 0.1) is 0 Å². The maximum Gasteiger partial charge on any atom is 0.337 e. The number of carbonyl (C=O) groups excluding carboxylic acids is 1. The second kappa shape index (κ2) is 9.62. The van der Waals surface area contributed by atoms with Crippen LogP contribution in [0.25, 0.3) is 11.5 Å². The number of ether oxygens (including phenoxy) is 1. The zero-order valence-corrected chi connectivity index (χ0v) is 19.4. The van der Waals surface area contributed by atoms with E-state index < -0.39 is 16.0 Å². The number of piperidine rings is 1. The number of methoxy groups -OCH3 is 1. The van der Waals surface area contributed by atoms with Crippen LogP contribution in [0.5, 0.6) is 0 Å². The molecule has 1 aromatic heterocycles. The van der Waals surface area contributed by atoms with Crippen LogP contribution in [0.2, 0.25) is 0 Å². The van der Waals surface area contributed by atoms with Crippen LogP contribution in [-0.4, -0.2) is 44.8 Å². The molecule has 1 N–H and O–H groups in total. The molecule has 2 heterocycles. The fourth-order valence-corrected chi connectivity index (χ4v) is 5.40. The second-order valence-corrected chi connectivity index (χ2v) is 9.45. The van der Waals surface area contributed by atoms with Gasteiger partial charge >= 0.3 is 5.97 Å². The summed E-state index contributed by atoms with van der Waals surface area (Å²) in [5, 5.41) is 7.64. The van der Waals surface area contributed by atoms with Crippen molar-refractivity contribution in [1.29, 1.82) is 0 Å². The van der Waals surface area contributed by atoms with Gasteiger partial charge < -0.3 is 14.1 Å². The van der Waals surface area contributed by atoms with E-state index in [1.807, 2.05) is 19.1 Å². The minimum Gasteiger partial charge on any atom is -0.465 e. The van der Waals surface area contributed by atoms with Crippen LogP contribution >= 0.6 is 0 Å². The predicted octanol–water partition coefficient (Wildman–Crippen LogP) is 3.88. The van der Waals surface area contributed by atoms with Gasteiger partial charge in [-0.1, -0.05) is 13.0 Å². The monoisotopic (exact) mass is 470 g/mol. The van der Waals surface area contributed by atoms with Crippen molar-refractivity contribution < 1.29 is 22.4 Å². The highest BCUT2D eigenvalue weighted by atomic mass is 32.2. The summed E-state index contributed by atoms with van der Waals surface area (Å²) >= 11 is 0. The number of benzene rings is 2. The first kappa shape index (κ1) is 22.8. The molecule has 0 saturated carbocycles. The Balaban J connectivity index is 1.78. The molecule has 10 heteroatoms. The fourth-order valence-electron chi connectivity index (χ4n) is 4.00. The minimum atomic E-state index is -4.02. The van der Waals surface area contributed by atoms with Crippen LogP contribution in [0.3, 0.4) is 0 Å². The Hall–Kier alpha value is -3.40. The molecule has 0 atom stereocenters. The summed E-state index contributed by atoms with van der Waals surface area (Å²) in [6, 6.07) is 9.97. The highest BCUT2D eigenvalue weighted by Crippen LogP contribution is 2.34. The summed E-state index contributed by atoms with van der Waals surface area (Å²) < 4.78 is 39.9. The third-order valence-electron chi connectivity index (χ3n) is 5.70. The van der Waals surface area contributed by atoms with E-state index in [4.69, 9.17) is 9.15 Å². The van der Waals surface area contributed by atoms with Gasteiger partial charge in [-0.05, 0) is 61.6 Å². The van der Waals surface area contributed by atoms with Gasteiger partial charge in [-0.15, -0.1) is 10.2 Å². The number of nitrogens with one attached hydrogen (secondary N) is 1. The molecule has 0 aliphatic carbocycles. The molecule has 0 bridgehead atoms. The third kappa shape index (κ3) is 4.85. The number of nitrogens with zero attached hydrogens (tertiary/aromatic N) is 3. The van der Waals surface area contributed by atoms with E-state index in [1.54, 1.807) is 18.2 Å².